The lowest BCUT2D eigenvalue weighted by Gasteiger charge is -2.29. The maximum absolute atomic E-state index is 3.65. The van der Waals surface area contributed by atoms with Crippen LogP contribution in [-0.4, -0.2) is 31.6 Å². The van der Waals surface area contributed by atoms with Gasteiger partial charge in [-0.15, -0.1) is 11.3 Å². The van der Waals surface area contributed by atoms with Crippen LogP contribution in [0.3, 0.4) is 0 Å². The predicted octanol–water partition coefficient (Wildman–Crippen LogP) is 3.89. The highest BCUT2D eigenvalue weighted by Crippen LogP contribution is 2.27. The molecule has 0 bridgehead atoms. The Kier molecular flexibility index (Phi) is 5.67. The van der Waals surface area contributed by atoms with Crippen molar-refractivity contribution in [2.24, 2.45) is 5.92 Å². The standard InChI is InChI=1S/C14H23BrN2S/c1-11(13-3-4-14(15)18-13)16-8-5-12-6-9-17(2)10-7-12/h3-4,11-12,16H,5-10H2,1-2H3. The highest BCUT2D eigenvalue weighted by molar-refractivity contribution is 9.11. The second-order valence-corrected chi connectivity index (χ2v) is 7.85. The SMILES string of the molecule is CC(NCCC1CCN(C)CC1)c1ccc(Br)s1. The fraction of sp³-hybridized carbons (Fsp3) is 0.714. The monoisotopic (exact) mass is 330 g/mol. The third kappa shape index (κ3) is 4.34. The predicted molar refractivity (Wildman–Crippen MR) is 83.3 cm³/mol. The van der Waals surface area contributed by atoms with Crippen LogP contribution in [0.1, 0.15) is 37.1 Å². The van der Waals surface area contributed by atoms with Crippen molar-refractivity contribution >= 4 is 27.3 Å². The smallest absolute Gasteiger partial charge is 0.0701 e. The molecule has 1 atom stereocenters. The molecule has 0 radical (unpaired) electrons. The van der Waals surface area contributed by atoms with Crippen molar-refractivity contribution in [2.45, 2.75) is 32.2 Å². The minimum atomic E-state index is 0.479. The van der Waals surface area contributed by atoms with E-state index in [4.69, 9.17) is 0 Å². The summed E-state index contributed by atoms with van der Waals surface area (Å²) in [5.74, 6) is 0.927. The summed E-state index contributed by atoms with van der Waals surface area (Å²) in [4.78, 5) is 3.86. The highest BCUT2D eigenvalue weighted by Gasteiger charge is 2.16. The van der Waals surface area contributed by atoms with Gasteiger partial charge in [0, 0.05) is 10.9 Å². The van der Waals surface area contributed by atoms with Gasteiger partial charge >= 0.3 is 0 Å². The Morgan fingerprint density at radius 1 is 1.44 bits per heavy atom. The van der Waals surface area contributed by atoms with E-state index in [2.05, 4.69) is 52.3 Å². The molecule has 1 aromatic heterocycles. The Labute approximate surface area is 123 Å². The Morgan fingerprint density at radius 3 is 2.78 bits per heavy atom. The van der Waals surface area contributed by atoms with Crippen LogP contribution in [0, 0.1) is 5.92 Å². The lowest BCUT2D eigenvalue weighted by atomic mass is 9.94. The van der Waals surface area contributed by atoms with Gasteiger partial charge in [0.2, 0.25) is 0 Å². The third-order valence-electron chi connectivity index (χ3n) is 3.86. The summed E-state index contributed by atoms with van der Waals surface area (Å²) in [7, 11) is 2.23. The van der Waals surface area contributed by atoms with Gasteiger partial charge in [-0.2, -0.15) is 0 Å². The highest BCUT2D eigenvalue weighted by atomic mass is 79.9. The minimum Gasteiger partial charge on any atom is -0.309 e. The molecule has 2 rings (SSSR count). The molecule has 0 amide bonds. The first kappa shape index (κ1) is 14.5. The van der Waals surface area contributed by atoms with Crippen molar-refractivity contribution in [3.05, 3.63) is 20.8 Å². The molecule has 2 nitrogen and oxygen atoms in total. The van der Waals surface area contributed by atoms with E-state index in [-0.39, 0.29) is 0 Å². The van der Waals surface area contributed by atoms with Gasteiger partial charge in [-0.05, 0) is 86.8 Å². The zero-order valence-corrected chi connectivity index (χ0v) is 13.7. The minimum absolute atomic E-state index is 0.479. The molecular weight excluding hydrogens is 308 g/mol. The van der Waals surface area contributed by atoms with Crippen LogP contribution in [0.25, 0.3) is 0 Å². The second-order valence-electron chi connectivity index (χ2n) is 5.35. The average Bonchev–Trinajstić information content (AvgIpc) is 2.78. The van der Waals surface area contributed by atoms with Crippen LogP contribution in [0.4, 0.5) is 0 Å². The van der Waals surface area contributed by atoms with Crippen molar-refractivity contribution in [1.82, 2.24) is 10.2 Å². The topological polar surface area (TPSA) is 15.3 Å². The molecule has 4 heteroatoms. The Morgan fingerprint density at radius 2 is 2.17 bits per heavy atom. The molecule has 1 aliphatic heterocycles. The van der Waals surface area contributed by atoms with Gasteiger partial charge in [-0.25, -0.2) is 0 Å². The molecular formula is C14H23BrN2S. The quantitative estimate of drug-likeness (QED) is 0.880. The zero-order chi connectivity index (χ0) is 13.0. The van der Waals surface area contributed by atoms with E-state index in [1.54, 1.807) is 0 Å². The maximum atomic E-state index is 3.65. The average molecular weight is 331 g/mol. The van der Waals surface area contributed by atoms with Crippen LogP contribution >= 0.6 is 27.3 Å². The normalized spacial score (nSPS) is 20.2. The van der Waals surface area contributed by atoms with E-state index in [1.807, 2.05) is 11.3 Å². The number of likely N-dealkylation sites (tertiary alicyclic amines) is 1. The first-order valence-corrected chi connectivity index (χ1v) is 8.43. The Hall–Kier alpha value is 0.1000. The summed E-state index contributed by atoms with van der Waals surface area (Å²) in [6, 6.07) is 4.82. The maximum Gasteiger partial charge on any atom is 0.0701 e. The van der Waals surface area contributed by atoms with Crippen molar-refractivity contribution in [3.8, 4) is 0 Å². The number of thiophene rings is 1. The van der Waals surface area contributed by atoms with Crippen molar-refractivity contribution in [3.63, 3.8) is 0 Å². The van der Waals surface area contributed by atoms with Crippen LogP contribution < -0.4 is 5.32 Å². The molecule has 102 valence electrons. The molecule has 0 aromatic carbocycles. The Balaban J connectivity index is 1.66. The molecule has 18 heavy (non-hydrogen) atoms. The summed E-state index contributed by atoms with van der Waals surface area (Å²) in [5, 5.41) is 3.65. The Bertz CT molecular complexity index is 358. The summed E-state index contributed by atoms with van der Waals surface area (Å²) >= 11 is 5.35. The number of hydrogen-bond donors (Lipinski definition) is 1. The molecule has 1 unspecified atom stereocenters. The van der Waals surface area contributed by atoms with E-state index in [1.165, 1.54) is 41.0 Å². The zero-order valence-electron chi connectivity index (χ0n) is 11.3. The fourth-order valence-electron chi connectivity index (χ4n) is 2.52. The molecule has 1 aromatic rings. The van der Waals surface area contributed by atoms with E-state index >= 15 is 0 Å². The second kappa shape index (κ2) is 7.04. The number of nitrogens with one attached hydrogen (secondary N) is 1. The number of piperidine rings is 1. The van der Waals surface area contributed by atoms with Gasteiger partial charge in [0.25, 0.3) is 0 Å². The van der Waals surface area contributed by atoms with Crippen LogP contribution in [0.15, 0.2) is 15.9 Å². The summed E-state index contributed by atoms with van der Waals surface area (Å²) in [6.07, 6.45) is 4.07. The van der Waals surface area contributed by atoms with E-state index in [9.17, 15) is 0 Å². The van der Waals surface area contributed by atoms with Crippen molar-refractivity contribution in [1.29, 1.82) is 0 Å². The van der Waals surface area contributed by atoms with E-state index in [0.717, 1.165) is 12.5 Å². The summed E-state index contributed by atoms with van der Waals surface area (Å²) < 4.78 is 1.22. The molecule has 1 saturated heterocycles. The summed E-state index contributed by atoms with van der Waals surface area (Å²) in [5.41, 5.74) is 0. The molecule has 1 N–H and O–H groups in total. The lowest BCUT2D eigenvalue weighted by Crippen LogP contribution is -2.31. The number of hydrogen-bond acceptors (Lipinski definition) is 3. The molecule has 1 fully saturated rings. The van der Waals surface area contributed by atoms with Crippen molar-refractivity contribution in [2.75, 3.05) is 26.7 Å². The van der Waals surface area contributed by atoms with Gasteiger partial charge in [-0.1, -0.05) is 0 Å². The number of nitrogens with zero attached hydrogens (tertiary/aromatic N) is 1. The third-order valence-corrected chi connectivity index (χ3v) is 5.67. The molecule has 2 heterocycles. The molecule has 0 aliphatic carbocycles. The van der Waals surface area contributed by atoms with Crippen LogP contribution in [0.2, 0.25) is 0 Å². The van der Waals surface area contributed by atoms with Gasteiger partial charge in [0.15, 0.2) is 0 Å². The molecule has 0 saturated carbocycles. The van der Waals surface area contributed by atoms with Crippen molar-refractivity contribution < 1.29 is 0 Å². The van der Waals surface area contributed by atoms with E-state index < -0.39 is 0 Å². The largest absolute Gasteiger partial charge is 0.309 e. The number of halogens is 1. The lowest BCUT2D eigenvalue weighted by molar-refractivity contribution is 0.211. The van der Waals surface area contributed by atoms with Gasteiger partial charge in [-0.3, -0.25) is 0 Å². The van der Waals surface area contributed by atoms with Crippen LogP contribution in [0.5, 0.6) is 0 Å². The molecule has 0 spiro atoms. The summed E-state index contributed by atoms with van der Waals surface area (Å²) in [6.45, 7) is 5.95. The fourth-order valence-corrected chi connectivity index (χ4v) is 3.97. The molecule has 1 aliphatic rings. The van der Waals surface area contributed by atoms with Gasteiger partial charge < -0.3 is 10.2 Å². The van der Waals surface area contributed by atoms with E-state index in [0.29, 0.717) is 6.04 Å². The van der Waals surface area contributed by atoms with Crippen LogP contribution in [-0.2, 0) is 0 Å². The first-order chi connectivity index (χ1) is 8.65. The van der Waals surface area contributed by atoms with Gasteiger partial charge in [0.1, 0.15) is 0 Å². The number of rotatable bonds is 5. The van der Waals surface area contributed by atoms with Gasteiger partial charge in [0.05, 0.1) is 3.79 Å². The first-order valence-electron chi connectivity index (χ1n) is 6.82.